The second-order valence-corrected chi connectivity index (χ2v) is 4.05. The van der Waals surface area contributed by atoms with E-state index in [1.165, 1.54) is 13.4 Å². The summed E-state index contributed by atoms with van der Waals surface area (Å²) < 4.78 is 4.86. The molecule has 0 radical (unpaired) electrons. The molecule has 1 rings (SSSR count). The fourth-order valence-electron chi connectivity index (χ4n) is 1.34. The summed E-state index contributed by atoms with van der Waals surface area (Å²) in [6.07, 6.45) is 1.57. The lowest BCUT2D eigenvalue weighted by Gasteiger charge is -2.14. The van der Waals surface area contributed by atoms with Gasteiger partial charge in [-0.1, -0.05) is 13.8 Å². The quantitative estimate of drug-likeness (QED) is 0.606. The van der Waals surface area contributed by atoms with Crippen molar-refractivity contribution >= 4 is 5.69 Å². The van der Waals surface area contributed by atoms with E-state index >= 15 is 0 Å². The molecule has 17 heavy (non-hydrogen) atoms. The molecule has 0 bridgehead atoms. The molecule has 0 saturated heterocycles. The predicted molar refractivity (Wildman–Crippen MR) is 61.8 cm³/mol. The zero-order chi connectivity index (χ0) is 13.0. The highest BCUT2D eigenvalue weighted by atomic mass is 16.6. The van der Waals surface area contributed by atoms with Crippen LogP contribution in [0.25, 0.3) is 0 Å². The Labute approximate surface area is 99.2 Å². The number of ether oxygens (including phenoxy) is 1. The Bertz CT molecular complexity index is 409. The lowest BCUT2D eigenvalue weighted by atomic mass is 10.00. The van der Waals surface area contributed by atoms with Gasteiger partial charge in [-0.3, -0.25) is 10.1 Å². The lowest BCUT2D eigenvalue weighted by Crippen LogP contribution is -2.29. The van der Waals surface area contributed by atoms with Crippen molar-refractivity contribution in [1.29, 1.82) is 0 Å². The maximum absolute atomic E-state index is 11.0. The van der Waals surface area contributed by atoms with E-state index in [0.717, 1.165) is 0 Å². The number of rotatable bonds is 5. The molecule has 0 aromatic carbocycles. The number of nitro groups is 1. The molecule has 0 spiro atoms. The number of aromatic nitrogens is 2. The molecule has 1 aromatic heterocycles. The number of nitrogens with zero attached hydrogens (tertiary/aromatic N) is 3. The summed E-state index contributed by atoms with van der Waals surface area (Å²) in [5.74, 6) is 0.187. The van der Waals surface area contributed by atoms with Gasteiger partial charge in [-0.05, 0) is 5.92 Å². The maximum Gasteiger partial charge on any atom is 0.352 e. The molecular formula is C10H16N4O3. The highest BCUT2D eigenvalue weighted by Crippen LogP contribution is 2.27. The van der Waals surface area contributed by atoms with Gasteiger partial charge in [0.1, 0.15) is 12.0 Å². The first-order chi connectivity index (χ1) is 7.97. The molecule has 0 aliphatic rings. The summed E-state index contributed by atoms with van der Waals surface area (Å²) in [6, 6.07) is -0.187. The second-order valence-electron chi connectivity index (χ2n) is 4.05. The van der Waals surface area contributed by atoms with Crippen LogP contribution in [0.5, 0.6) is 5.88 Å². The predicted octanol–water partition coefficient (Wildman–Crippen LogP) is 0.919. The zero-order valence-corrected chi connectivity index (χ0v) is 10.1. The minimum absolute atomic E-state index is 0.0315. The van der Waals surface area contributed by atoms with E-state index in [2.05, 4.69) is 9.97 Å². The van der Waals surface area contributed by atoms with Crippen molar-refractivity contribution in [3.05, 3.63) is 22.1 Å². The van der Waals surface area contributed by atoms with Gasteiger partial charge in [-0.25, -0.2) is 4.98 Å². The Morgan fingerprint density at radius 1 is 1.53 bits per heavy atom. The van der Waals surface area contributed by atoms with E-state index in [9.17, 15) is 10.1 Å². The van der Waals surface area contributed by atoms with Crippen LogP contribution >= 0.6 is 0 Å². The van der Waals surface area contributed by atoms with Gasteiger partial charge in [0.25, 0.3) is 5.88 Å². The Balaban J connectivity index is 3.10. The van der Waals surface area contributed by atoms with Crippen LogP contribution in [0.2, 0.25) is 0 Å². The number of hydrogen-bond acceptors (Lipinski definition) is 6. The SMILES string of the molecule is COc1ncnc(CC(N)C(C)C)c1[N+](=O)[O-]. The third-order valence-electron chi connectivity index (χ3n) is 2.53. The molecule has 0 saturated carbocycles. The number of methoxy groups -OCH3 is 1. The molecule has 1 atom stereocenters. The minimum atomic E-state index is -0.540. The molecule has 0 aliphatic carbocycles. The van der Waals surface area contributed by atoms with Gasteiger partial charge in [0.05, 0.1) is 12.0 Å². The van der Waals surface area contributed by atoms with Gasteiger partial charge >= 0.3 is 5.69 Å². The van der Waals surface area contributed by atoms with Crippen molar-refractivity contribution in [2.75, 3.05) is 7.11 Å². The van der Waals surface area contributed by atoms with Crippen molar-refractivity contribution in [1.82, 2.24) is 9.97 Å². The number of hydrogen-bond donors (Lipinski definition) is 1. The van der Waals surface area contributed by atoms with Crippen LogP contribution in [0.4, 0.5) is 5.69 Å². The van der Waals surface area contributed by atoms with Crippen LogP contribution in [0.3, 0.4) is 0 Å². The van der Waals surface area contributed by atoms with E-state index in [4.69, 9.17) is 10.5 Å². The second kappa shape index (κ2) is 5.53. The Morgan fingerprint density at radius 2 is 2.18 bits per heavy atom. The summed E-state index contributed by atoms with van der Waals surface area (Å²) in [7, 11) is 1.33. The Hall–Kier alpha value is -1.76. The maximum atomic E-state index is 11.0. The van der Waals surface area contributed by atoms with E-state index in [-0.39, 0.29) is 23.5 Å². The summed E-state index contributed by atoms with van der Waals surface area (Å²) in [4.78, 5) is 18.1. The van der Waals surface area contributed by atoms with Crippen LogP contribution < -0.4 is 10.5 Å². The fourth-order valence-corrected chi connectivity index (χ4v) is 1.34. The molecule has 0 aliphatic heterocycles. The highest BCUT2D eigenvalue weighted by molar-refractivity contribution is 5.44. The highest BCUT2D eigenvalue weighted by Gasteiger charge is 2.25. The summed E-state index contributed by atoms with van der Waals surface area (Å²) in [6.45, 7) is 3.91. The topological polar surface area (TPSA) is 104 Å². The van der Waals surface area contributed by atoms with E-state index in [1.54, 1.807) is 0 Å². The van der Waals surface area contributed by atoms with Crippen LogP contribution in [-0.2, 0) is 6.42 Å². The van der Waals surface area contributed by atoms with Gasteiger partial charge in [0.15, 0.2) is 0 Å². The molecule has 1 heterocycles. The van der Waals surface area contributed by atoms with Gasteiger partial charge in [0, 0.05) is 12.5 Å². The standard InChI is InChI=1S/C10H16N4O3/c1-6(2)7(11)4-8-9(14(15)16)10(17-3)13-5-12-8/h5-7H,4,11H2,1-3H3. The van der Waals surface area contributed by atoms with Crippen LogP contribution in [0.15, 0.2) is 6.33 Å². The van der Waals surface area contributed by atoms with Crippen LogP contribution in [0.1, 0.15) is 19.5 Å². The molecule has 1 unspecified atom stereocenters. The van der Waals surface area contributed by atoms with Crippen molar-refractivity contribution < 1.29 is 9.66 Å². The first kappa shape index (κ1) is 13.3. The molecule has 1 aromatic rings. The average Bonchev–Trinajstić information content (AvgIpc) is 2.27. The van der Waals surface area contributed by atoms with E-state index in [0.29, 0.717) is 12.1 Å². The van der Waals surface area contributed by atoms with E-state index < -0.39 is 4.92 Å². The van der Waals surface area contributed by atoms with E-state index in [1.807, 2.05) is 13.8 Å². The monoisotopic (exact) mass is 240 g/mol. The normalized spacial score (nSPS) is 12.5. The zero-order valence-electron chi connectivity index (χ0n) is 10.1. The molecule has 94 valence electrons. The summed E-state index contributed by atoms with van der Waals surface area (Å²) in [5, 5.41) is 11.0. The first-order valence-corrected chi connectivity index (χ1v) is 5.25. The fraction of sp³-hybridized carbons (Fsp3) is 0.600. The number of nitrogens with two attached hydrogens (primary N) is 1. The molecular weight excluding hydrogens is 224 g/mol. The van der Waals surface area contributed by atoms with Gasteiger partial charge in [0.2, 0.25) is 0 Å². The summed E-state index contributed by atoms with van der Waals surface area (Å²) >= 11 is 0. The summed E-state index contributed by atoms with van der Waals surface area (Å²) in [5.41, 5.74) is 5.99. The molecule has 0 amide bonds. The molecule has 0 fully saturated rings. The van der Waals surface area contributed by atoms with Crippen molar-refractivity contribution in [3.8, 4) is 5.88 Å². The first-order valence-electron chi connectivity index (χ1n) is 5.25. The third kappa shape index (κ3) is 3.10. The van der Waals surface area contributed by atoms with Gasteiger partial charge in [-0.2, -0.15) is 4.98 Å². The largest absolute Gasteiger partial charge is 0.476 e. The van der Waals surface area contributed by atoms with Crippen molar-refractivity contribution in [2.24, 2.45) is 11.7 Å². The molecule has 7 nitrogen and oxygen atoms in total. The average molecular weight is 240 g/mol. The third-order valence-corrected chi connectivity index (χ3v) is 2.53. The van der Waals surface area contributed by atoms with Gasteiger partial charge < -0.3 is 10.5 Å². The molecule has 7 heteroatoms. The Morgan fingerprint density at radius 3 is 2.65 bits per heavy atom. The van der Waals surface area contributed by atoms with Crippen molar-refractivity contribution in [3.63, 3.8) is 0 Å². The smallest absolute Gasteiger partial charge is 0.352 e. The molecule has 2 N–H and O–H groups in total. The van der Waals surface area contributed by atoms with Crippen molar-refractivity contribution in [2.45, 2.75) is 26.3 Å². The van der Waals surface area contributed by atoms with Crippen LogP contribution in [-0.4, -0.2) is 28.0 Å². The van der Waals surface area contributed by atoms with Crippen LogP contribution in [0, 0.1) is 16.0 Å². The van der Waals surface area contributed by atoms with Gasteiger partial charge in [-0.15, -0.1) is 0 Å². The minimum Gasteiger partial charge on any atom is -0.476 e. The Kier molecular flexibility index (Phi) is 4.33. The lowest BCUT2D eigenvalue weighted by molar-refractivity contribution is -0.387.